The Labute approximate surface area is 96.1 Å². The molecule has 0 saturated heterocycles. The largest absolute Gasteiger partial charge is 0.350 e. The summed E-state index contributed by atoms with van der Waals surface area (Å²) < 4.78 is 0. The number of halogens is 1. The Morgan fingerprint density at radius 1 is 1.20 bits per heavy atom. The van der Waals surface area contributed by atoms with Crippen LogP contribution in [0.4, 0.5) is 5.95 Å². The molecule has 2 atom stereocenters. The molecule has 4 nitrogen and oxygen atoms in total. The lowest BCUT2D eigenvalue weighted by atomic mass is 9.91. The van der Waals surface area contributed by atoms with Crippen LogP contribution in [-0.4, -0.2) is 22.1 Å². The van der Waals surface area contributed by atoms with E-state index in [0.717, 1.165) is 12.8 Å². The zero-order chi connectivity index (χ0) is 9.80. The number of nitrogens with two attached hydrogens (primary N) is 1. The molecule has 0 aliphatic heterocycles. The Bertz CT molecular complexity index is 280. The van der Waals surface area contributed by atoms with E-state index in [0.29, 0.717) is 12.0 Å². The summed E-state index contributed by atoms with van der Waals surface area (Å²) in [7, 11) is 0. The minimum Gasteiger partial charge on any atom is -0.350 e. The van der Waals surface area contributed by atoms with Crippen molar-refractivity contribution in [2.24, 2.45) is 5.73 Å². The van der Waals surface area contributed by atoms with Crippen molar-refractivity contribution in [2.75, 3.05) is 5.32 Å². The third kappa shape index (κ3) is 3.32. The van der Waals surface area contributed by atoms with Crippen LogP contribution in [0.15, 0.2) is 18.5 Å². The number of rotatable bonds is 2. The summed E-state index contributed by atoms with van der Waals surface area (Å²) in [5.74, 6) is 0.690. The first-order chi connectivity index (χ1) is 6.86. The molecule has 0 aromatic carbocycles. The molecule has 1 saturated carbocycles. The van der Waals surface area contributed by atoms with Crippen LogP contribution in [0.3, 0.4) is 0 Å². The SMILES string of the molecule is Cl.NC1CCCCC1Nc1ncccn1. The van der Waals surface area contributed by atoms with Gasteiger partial charge >= 0.3 is 0 Å². The van der Waals surface area contributed by atoms with Gasteiger partial charge in [0.15, 0.2) is 0 Å². The number of nitrogens with zero attached hydrogens (tertiary/aromatic N) is 2. The van der Waals surface area contributed by atoms with Crippen molar-refractivity contribution in [3.63, 3.8) is 0 Å². The normalized spacial score (nSPS) is 25.4. The molecule has 0 radical (unpaired) electrons. The monoisotopic (exact) mass is 228 g/mol. The second-order valence-electron chi connectivity index (χ2n) is 3.77. The van der Waals surface area contributed by atoms with Crippen LogP contribution in [0.1, 0.15) is 25.7 Å². The van der Waals surface area contributed by atoms with Gasteiger partial charge in [-0.1, -0.05) is 12.8 Å². The maximum Gasteiger partial charge on any atom is 0.222 e. The van der Waals surface area contributed by atoms with E-state index in [1.165, 1.54) is 12.8 Å². The van der Waals surface area contributed by atoms with Gasteiger partial charge in [0.25, 0.3) is 0 Å². The fourth-order valence-corrected chi connectivity index (χ4v) is 1.88. The van der Waals surface area contributed by atoms with Crippen molar-refractivity contribution in [1.29, 1.82) is 0 Å². The molecule has 15 heavy (non-hydrogen) atoms. The first-order valence-corrected chi connectivity index (χ1v) is 5.15. The van der Waals surface area contributed by atoms with E-state index in [-0.39, 0.29) is 18.4 Å². The van der Waals surface area contributed by atoms with E-state index >= 15 is 0 Å². The predicted molar refractivity (Wildman–Crippen MR) is 63.1 cm³/mol. The third-order valence-corrected chi connectivity index (χ3v) is 2.70. The molecule has 1 aromatic heterocycles. The van der Waals surface area contributed by atoms with E-state index < -0.39 is 0 Å². The van der Waals surface area contributed by atoms with Crippen molar-refractivity contribution in [2.45, 2.75) is 37.8 Å². The van der Waals surface area contributed by atoms with E-state index in [2.05, 4.69) is 15.3 Å². The molecule has 5 heteroatoms. The van der Waals surface area contributed by atoms with E-state index in [1.807, 2.05) is 6.07 Å². The lowest BCUT2D eigenvalue weighted by Gasteiger charge is -2.29. The van der Waals surface area contributed by atoms with E-state index in [9.17, 15) is 0 Å². The molecule has 3 N–H and O–H groups in total. The van der Waals surface area contributed by atoms with E-state index in [4.69, 9.17) is 5.73 Å². The van der Waals surface area contributed by atoms with Crippen molar-refractivity contribution in [3.8, 4) is 0 Å². The maximum absolute atomic E-state index is 6.01. The van der Waals surface area contributed by atoms with E-state index in [1.54, 1.807) is 12.4 Å². The molecule has 1 aromatic rings. The van der Waals surface area contributed by atoms with Crippen LogP contribution in [0.2, 0.25) is 0 Å². The molecule has 2 unspecified atom stereocenters. The average Bonchev–Trinajstić information content (AvgIpc) is 2.23. The van der Waals surface area contributed by atoms with Gasteiger partial charge in [0, 0.05) is 24.5 Å². The fourth-order valence-electron chi connectivity index (χ4n) is 1.88. The van der Waals surface area contributed by atoms with Crippen LogP contribution in [0.5, 0.6) is 0 Å². The molecule has 1 aliphatic carbocycles. The van der Waals surface area contributed by atoms with Crippen molar-refractivity contribution < 1.29 is 0 Å². The lowest BCUT2D eigenvalue weighted by Crippen LogP contribution is -2.42. The number of nitrogens with one attached hydrogen (secondary N) is 1. The summed E-state index contributed by atoms with van der Waals surface area (Å²) in [5.41, 5.74) is 6.01. The highest BCUT2D eigenvalue weighted by Crippen LogP contribution is 2.19. The minimum absolute atomic E-state index is 0. The summed E-state index contributed by atoms with van der Waals surface area (Å²) in [6.07, 6.45) is 8.20. The second-order valence-corrected chi connectivity index (χ2v) is 3.77. The summed E-state index contributed by atoms with van der Waals surface area (Å²) in [4.78, 5) is 8.26. The topological polar surface area (TPSA) is 63.8 Å². The van der Waals surface area contributed by atoms with Gasteiger partial charge in [-0.2, -0.15) is 0 Å². The molecule has 1 fully saturated rings. The standard InChI is InChI=1S/C10H16N4.ClH/c11-8-4-1-2-5-9(8)14-10-12-6-3-7-13-10;/h3,6-9H,1-2,4-5,11H2,(H,12,13,14);1H. The Morgan fingerprint density at radius 2 is 1.87 bits per heavy atom. The summed E-state index contributed by atoms with van der Waals surface area (Å²) >= 11 is 0. The summed E-state index contributed by atoms with van der Waals surface area (Å²) in [5, 5.41) is 3.28. The molecule has 0 bridgehead atoms. The number of hydrogen-bond acceptors (Lipinski definition) is 4. The molecule has 84 valence electrons. The predicted octanol–water partition coefficient (Wildman–Crippen LogP) is 1.58. The minimum atomic E-state index is 0. The van der Waals surface area contributed by atoms with Crippen LogP contribution in [0, 0.1) is 0 Å². The Balaban J connectivity index is 0.00000112. The highest BCUT2D eigenvalue weighted by molar-refractivity contribution is 5.85. The molecule has 1 aliphatic rings. The Kier molecular flexibility index (Phi) is 4.78. The molecular formula is C10H17ClN4. The van der Waals surface area contributed by atoms with Crippen LogP contribution >= 0.6 is 12.4 Å². The van der Waals surface area contributed by atoms with Gasteiger partial charge in [-0.25, -0.2) is 9.97 Å². The number of anilines is 1. The highest BCUT2D eigenvalue weighted by atomic mass is 35.5. The molecular weight excluding hydrogens is 212 g/mol. The molecule has 0 spiro atoms. The zero-order valence-corrected chi connectivity index (χ0v) is 9.41. The molecule has 1 heterocycles. The second kappa shape index (κ2) is 5.88. The van der Waals surface area contributed by atoms with Crippen molar-refractivity contribution >= 4 is 18.4 Å². The van der Waals surface area contributed by atoms with Crippen LogP contribution < -0.4 is 11.1 Å². The van der Waals surface area contributed by atoms with Gasteiger partial charge in [0.05, 0.1) is 0 Å². The van der Waals surface area contributed by atoms with Crippen LogP contribution in [-0.2, 0) is 0 Å². The highest BCUT2D eigenvalue weighted by Gasteiger charge is 2.21. The molecule has 0 amide bonds. The average molecular weight is 229 g/mol. The van der Waals surface area contributed by atoms with Crippen molar-refractivity contribution in [1.82, 2.24) is 9.97 Å². The lowest BCUT2D eigenvalue weighted by molar-refractivity contribution is 0.402. The molecule has 2 rings (SSSR count). The van der Waals surface area contributed by atoms with Gasteiger partial charge in [0.2, 0.25) is 5.95 Å². The van der Waals surface area contributed by atoms with Crippen LogP contribution in [0.25, 0.3) is 0 Å². The van der Waals surface area contributed by atoms with Gasteiger partial charge in [-0.3, -0.25) is 0 Å². The maximum atomic E-state index is 6.01. The zero-order valence-electron chi connectivity index (χ0n) is 8.60. The number of hydrogen-bond donors (Lipinski definition) is 2. The first-order valence-electron chi connectivity index (χ1n) is 5.15. The smallest absolute Gasteiger partial charge is 0.222 e. The first kappa shape index (κ1) is 12.2. The van der Waals surface area contributed by atoms with Gasteiger partial charge in [-0.15, -0.1) is 12.4 Å². The number of aromatic nitrogens is 2. The van der Waals surface area contributed by atoms with Gasteiger partial charge < -0.3 is 11.1 Å². The quantitative estimate of drug-likeness (QED) is 0.807. The Morgan fingerprint density at radius 3 is 2.53 bits per heavy atom. The van der Waals surface area contributed by atoms with Gasteiger partial charge in [0.1, 0.15) is 0 Å². The Hall–Kier alpha value is -0.870. The summed E-state index contributed by atoms with van der Waals surface area (Å²) in [6, 6.07) is 2.39. The van der Waals surface area contributed by atoms with Gasteiger partial charge in [-0.05, 0) is 18.9 Å². The summed E-state index contributed by atoms with van der Waals surface area (Å²) in [6.45, 7) is 0. The van der Waals surface area contributed by atoms with Crippen molar-refractivity contribution in [3.05, 3.63) is 18.5 Å². The third-order valence-electron chi connectivity index (χ3n) is 2.70. The fraction of sp³-hybridized carbons (Fsp3) is 0.600.